The number of hydrogen-bond acceptors (Lipinski definition) is 1. The summed E-state index contributed by atoms with van der Waals surface area (Å²) in [5.74, 6) is 0. The van der Waals surface area contributed by atoms with Gasteiger partial charge in [-0.25, -0.2) is 0 Å². The molecule has 3 rings (SSSR count). The van der Waals surface area contributed by atoms with E-state index in [4.69, 9.17) is 23.2 Å². The van der Waals surface area contributed by atoms with Gasteiger partial charge in [-0.3, -0.25) is 4.21 Å². The maximum absolute atomic E-state index is 11.5. The molecule has 0 aromatic heterocycles. The molecule has 1 atom stereocenters. The van der Waals surface area contributed by atoms with E-state index in [0.29, 0.717) is 10.0 Å². The van der Waals surface area contributed by atoms with Crippen LogP contribution in [0.2, 0.25) is 10.0 Å². The zero-order valence-electron chi connectivity index (χ0n) is 12.2. The summed E-state index contributed by atoms with van der Waals surface area (Å²) in [6, 6.07) is 13.7. The first-order valence-corrected chi connectivity index (χ1v) is 9.49. The molecule has 1 unspecified atom stereocenters. The summed E-state index contributed by atoms with van der Waals surface area (Å²) in [4.78, 5) is 0.855. The molecular weight excluding hydrogens is 335 g/mol. The minimum atomic E-state index is -0.942. The van der Waals surface area contributed by atoms with E-state index in [-0.39, 0.29) is 0 Å². The van der Waals surface area contributed by atoms with Crippen molar-refractivity contribution >= 4 is 45.1 Å². The Morgan fingerprint density at radius 3 is 2.27 bits per heavy atom. The summed E-state index contributed by atoms with van der Waals surface area (Å²) < 4.78 is 11.5. The highest BCUT2D eigenvalue weighted by Gasteiger charge is 2.19. The molecule has 1 aliphatic carbocycles. The van der Waals surface area contributed by atoms with E-state index >= 15 is 0 Å². The summed E-state index contributed by atoms with van der Waals surface area (Å²) in [6.07, 6.45) is 4.90. The van der Waals surface area contributed by atoms with Crippen molar-refractivity contribution in [1.29, 1.82) is 0 Å². The third-order valence-electron chi connectivity index (χ3n) is 4.01. The SMILES string of the molecule is CS(=O)c1ccc(C2=C(c3ccc(Cl)cc3Cl)CCC2)cc1. The summed E-state index contributed by atoms with van der Waals surface area (Å²) in [5, 5.41) is 1.36. The van der Waals surface area contributed by atoms with Gasteiger partial charge in [-0.15, -0.1) is 0 Å². The zero-order valence-corrected chi connectivity index (χ0v) is 14.6. The number of hydrogen-bond donors (Lipinski definition) is 0. The third-order valence-corrected chi connectivity index (χ3v) is 5.49. The molecule has 1 aliphatic rings. The molecule has 114 valence electrons. The van der Waals surface area contributed by atoms with E-state index in [1.807, 2.05) is 24.3 Å². The van der Waals surface area contributed by atoms with Crippen LogP contribution < -0.4 is 0 Å². The molecule has 0 N–H and O–H groups in total. The van der Waals surface area contributed by atoms with E-state index in [2.05, 4.69) is 12.1 Å². The first kappa shape index (κ1) is 15.8. The Morgan fingerprint density at radius 1 is 0.955 bits per heavy atom. The Balaban J connectivity index is 2.05. The van der Waals surface area contributed by atoms with Crippen LogP contribution in [0.15, 0.2) is 47.4 Å². The van der Waals surface area contributed by atoms with Crippen molar-refractivity contribution in [2.45, 2.75) is 24.2 Å². The van der Waals surface area contributed by atoms with Crippen LogP contribution in [0.4, 0.5) is 0 Å². The van der Waals surface area contributed by atoms with Gasteiger partial charge in [0.2, 0.25) is 0 Å². The van der Waals surface area contributed by atoms with E-state index in [1.54, 1.807) is 12.3 Å². The van der Waals surface area contributed by atoms with Crippen molar-refractivity contribution in [2.75, 3.05) is 6.26 Å². The maximum atomic E-state index is 11.5. The first-order valence-electron chi connectivity index (χ1n) is 7.17. The predicted molar refractivity (Wildman–Crippen MR) is 95.9 cm³/mol. The van der Waals surface area contributed by atoms with Crippen LogP contribution in [0, 0.1) is 0 Å². The largest absolute Gasteiger partial charge is 0.255 e. The molecule has 0 bridgehead atoms. The molecule has 0 saturated heterocycles. The van der Waals surface area contributed by atoms with Crippen LogP contribution in [-0.2, 0) is 10.8 Å². The lowest BCUT2D eigenvalue weighted by atomic mass is 9.97. The molecule has 0 aliphatic heterocycles. The topological polar surface area (TPSA) is 17.1 Å². The van der Waals surface area contributed by atoms with Gasteiger partial charge < -0.3 is 0 Å². The lowest BCUT2D eigenvalue weighted by molar-refractivity contribution is 0.687. The van der Waals surface area contributed by atoms with Crippen molar-refractivity contribution in [1.82, 2.24) is 0 Å². The lowest BCUT2D eigenvalue weighted by Gasteiger charge is -2.11. The fourth-order valence-electron chi connectivity index (χ4n) is 2.94. The Kier molecular flexibility index (Phi) is 4.72. The van der Waals surface area contributed by atoms with Crippen molar-refractivity contribution in [3.05, 3.63) is 63.6 Å². The number of rotatable bonds is 3. The number of halogens is 2. The number of benzene rings is 2. The van der Waals surface area contributed by atoms with Crippen LogP contribution >= 0.6 is 23.2 Å². The Hall–Kier alpha value is -1.09. The second-order valence-corrected chi connectivity index (χ2v) is 7.64. The maximum Gasteiger partial charge on any atom is 0.0498 e. The van der Waals surface area contributed by atoms with Gasteiger partial charge in [0.1, 0.15) is 0 Å². The monoisotopic (exact) mass is 350 g/mol. The molecule has 0 radical (unpaired) electrons. The van der Waals surface area contributed by atoms with Gasteiger partial charge in [-0.05, 0) is 65.8 Å². The summed E-state index contributed by atoms with van der Waals surface area (Å²) in [6.45, 7) is 0. The summed E-state index contributed by atoms with van der Waals surface area (Å²) in [7, 11) is -0.942. The van der Waals surface area contributed by atoms with Gasteiger partial charge in [0.25, 0.3) is 0 Å². The molecule has 0 amide bonds. The fourth-order valence-corrected chi connectivity index (χ4v) is 3.98. The molecule has 2 aromatic carbocycles. The minimum Gasteiger partial charge on any atom is -0.255 e. The molecule has 0 heterocycles. The van der Waals surface area contributed by atoms with Crippen molar-refractivity contribution in [2.24, 2.45) is 0 Å². The first-order chi connectivity index (χ1) is 10.6. The fraction of sp³-hybridized carbons (Fsp3) is 0.222. The predicted octanol–water partition coefficient (Wildman–Crippen LogP) is 5.83. The highest BCUT2D eigenvalue weighted by Crippen LogP contribution is 2.42. The molecule has 4 heteroatoms. The molecule has 0 saturated carbocycles. The van der Waals surface area contributed by atoms with Gasteiger partial charge >= 0.3 is 0 Å². The van der Waals surface area contributed by atoms with Crippen LogP contribution in [0.1, 0.15) is 30.4 Å². The molecule has 0 fully saturated rings. The standard InChI is InChI=1S/C18H16Cl2OS/c1-22(21)14-8-5-12(6-9-14)15-3-2-4-16(15)17-10-7-13(19)11-18(17)20/h5-11H,2-4H2,1H3. The Morgan fingerprint density at radius 2 is 1.64 bits per heavy atom. The molecule has 2 aromatic rings. The normalized spacial score (nSPS) is 16.1. The Bertz CT molecular complexity index is 763. The van der Waals surface area contributed by atoms with Gasteiger partial charge in [0, 0.05) is 32.0 Å². The van der Waals surface area contributed by atoms with Crippen molar-refractivity contribution in [3.8, 4) is 0 Å². The van der Waals surface area contributed by atoms with Gasteiger partial charge in [0.15, 0.2) is 0 Å². The second-order valence-electron chi connectivity index (χ2n) is 5.41. The third kappa shape index (κ3) is 3.15. The molecular formula is C18H16Cl2OS. The summed E-state index contributed by atoms with van der Waals surface area (Å²) in [5.41, 5.74) is 4.89. The van der Waals surface area contributed by atoms with E-state index in [9.17, 15) is 4.21 Å². The minimum absolute atomic E-state index is 0.656. The Labute approximate surface area is 143 Å². The van der Waals surface area contributed by atoms with Crippen molar-refractivity contribution in [3.63, 3.8) is 0 Å². The van der Waals surface area contributed by atoms with E-state index in [0.717, 1.165) is 29.7 Å². The lowest BCUT2D eigenvalue weighted by Crippen LogP contribution is -1.90. The molecule has 0 spiro atoms. The van der Waals surface area contributed by atoms with Crippen LogP contribution in [0.25, 0.3) is 11.1 Å². The second kappa shape index (κ2) is 6.57. The number of allylic oxidation sites excluding steroid dienone is 2. The summed E-state index contributed by atoms with van der Waals surface area (Å²) >= 11 is 12.4. The van der Waals surface area contributed by atoms with Gasteiger partial charge in [-0.1, -0.05) is 41.4 Å². The van der Waals surface area contributed by atoms with Crippen molar-refractivity contribution < 1.29 is 4.21 Å². The molecule has 22 heavy (non-hydrogen) atoms. The van der Waals surface area contributed by atoms with E-state index in [1.165, 1.54) is 16.7 Å². The smallest absolute Gasteiger partial charge is 0.0498 e. The van der Waals surface area contributed by atoms with Gasteiger partial charge in [0.05, 0.1) is 0 Å². The quantitative estimate of drug-likeness (QED) is 0.680. The average molecular weight is 351 g/mol. The van der Waals surface area contributed by atoms with Gasteiger partial charge in [-0.2, -0.15) is 0 Å². The van der Waals surface area contributed by atoms with Crippen LogP contribution in [0.3, 0.4) is 0 Å². The molecule has 1 nitrogen and oxygen atoms in total. The van der Waals surface area contributed by atoms with Crippen LogP contribution in [0.5, 0.6) is 0 Å². The highest BCUT2D eigenvalue weighted by molar-refractivity contribution is 7.84. The van der Waals surface area contributed by atoms with Crippen LogP contribution in [-0.4, -0.2) is 10.5 Å². The van der Waals surface area contributed by atoms with E-state index < -0.39 is 10.8 Å². The highest BCUT2D eigenvalue weighted by atomic mass is 35.5. The zero-order chi connectivity index (χ0) is 15.7. The average Bonchev–Trinajstić information content (AvgIpc) is 2.96.